The molecule has 0 spiro atoms. The Labute approximate surface area is 254 Å². The van der Waals surface area contributed by atoms with Crippen LogP contribution in [0.4, 0.5) is 0 Å². The number of rotatable bonds is 12. The van der Waals surface area contributed by atoms with E-state index in [2.05, 4.69) is 75.6 Å². The van der Waals surface area contributed by atoms with E-state index in [9.17, 15) is 0 Å². The molecule has 0 fully saturated rings. The van der Waals surface area contributed by atoms with Crippen molar-refractivity contribution in [3.05, 3.63) is 82.5 Å². The van der Waals surface area contributed by atoms with E-state index in [-0.39, 0.29) is 16.5 Å². The third-order valence-electron chi connectivity index (χ3n) is 7.87. The fraction of sp³-hybridized carbons (Fsp3) is 0.333. The molecule has 3 aromatic rings. The molecule has 2 aliphatic rings. The molecule has 0 N–H and O–H groups in total. The van der Waals surface area contributed by atoms with Gasteiger partial charge in [0.05, 0.1) is 22.8 Å². The van der Waals surface area contributed by atoms with E-state index in [4.69, 9.17) is 19.9 Å². The van der Waals surface area contributed by atoms with Gasteiger partial charge in [0.1, 0.15) is 0 Å². The van der Waals surface area contributed by atoms with Crippen molar-refractivity contribution in [2.75, 3.05) is 0 Å². The van der Waals surface area contributed by atoms with Crippen LogP contribution in [0, 0.1) is 0 Å². The van der Waals surface area contributed by atoms with Crippen molar-refractivity contribution in [1.29, 1.82) is 0 Å². The van der Waals surface area contributed by atoms with E-state index in [1.54, 1.807) is 0 Å². The molecule has 3 aromatic heterocycles. The van der Waals surface area contributed by atoms with E-state index in [1.165, 1.54) is 49.7 Å². The first-order valence-electron chi connectivity index (χ1n) is 14.9. The summed E-state index contributed by atoms with van der Waals surface area (Å²) in [5.41, 5.74) is 11.8. The number of unbranched alkanes of at least 4 members (excludes halogenated alkanes) is 6. The number of nitrogens with zero attached hydrogens (tertiary/aromatic N) is 4. The van der Waals surface area contributed by atoms with E-state index in [1.807, 2.05) is 12.2 Å². The molecule has 0 aliphatic carbocycles. The van der Waals surface area contributed by atoms with Crippen LogP contribution < -0.4 is 9.97 Å². The van der Waals surface area contributed by atoms with Crippen LogP contribution in [0.25, 0.3) is 58.5 Å². The Morgan fingerprint density at radius 3 is 1.39 bits per heavy atom. The minimum atomic E-state index is 0. The maximum Gasteiger partial charge on any atom is 2.00 e. The number of hydrogen-bond acceptors (Lipinski definition) is 2. The van der Waals surface area contributed by atoms with Crippen molar-refractivity contribution < 1.29 is 16.5 Å². The molecule has 5 rings (SSSR count). The third-order valence-corrected chi connectivity index (χ3v) is 7.87. The number of aryl methyl sites for hydroxylation is 2. The Morgan fingerprint density at radius 1 is 0.561 bits per heavy atom. The summed E-state index contributed by atoms with van der Waals surface area (Å²) in [7, 11) is 0. The smallest absolute Gasteiger partial charge is 0.657 e. The Morgan fingerprint density at radius 2 is 0.976 bits per heavy atom. The molecule has 0 aromatic carbocycles. The van der Waals surface area contributed by atoms with Crippen molar-refractivity contribution in [2.24, 2.45) is 0 Å². The molecule has 0 amide bonds. The fourth-order valence-electron chi connectivity index (χ4n) is 5.63. The van der Waals surface area contributed by atoms with Crippen LogP contribution in [0.1, 0.15) is 110 Å². The largest absolute Gasteiger partial charge is 2.00 e. The van der Waals surface area contributed by atoms with Crippen LogP contribution in [0.5, 0.6) is 0 Å². The van der Waals surface area contributed by atoms with E-state index in [0.29, 0.717) is 0 Å². The standard InChI is InChI=1S/C36H40N4.Ni/c1-5-9-11-13-15-27-33-21-17-29(37-33)25(7-3)31-19-23-35(39-31)28(16-14-12-10-6-2)36-24-20-32(40-36)26(8-4)30-18-22-34(27)38-30;/h7-8,17-24H,3-6,9-16H2,1-2H3;/q-2;+2. The molecular formula is C36H40N4Ni. The van der Waals surface area contributed by atoms with Gasteiger partial charge in [0.15, 0.2) is 0 Å². The summed E-state index contributed by atoms with van der Waals surface area (Å²) in [6.07, 6.45) is 23.6. The second-order valence-corrected chi connectivity index (χ2v) is 10.7. The molecule has 8 bridgehead atoms. The maximum absolute atomic E-state index is 5.11. The van der Waals surface area contributed by atoms with Gasteiger partial charge in [-0.25, -0.2) is 9.97 Å². The molecule has 5 heterocycles. The molecule has 2 aliphatic heterocycles. The van der Waals surface area contributed by atoms with Crippen LogP contribution in [0.2, 0.25) is 0 Å². The molecular weight excluding hydrogens is 547 g/mol. The van der Waals surface area contributed by atoms with Crippen LogP contribution >= 0.6 is 0 Å². The average molecular weight is 587 g/mol. The summed E-state index contributed by atoms with van der Waals surface area (Å²) in [6, 6.07) is 8.43. The zero-order valence-corrected chi connectivity index (χ0v) is 25.4. The van der Waals surface area contributed by atoms with Gasteiger partial charge in [-0.3, -0.25) is 0 Å². The Bertz CT molecular complexity index is 1510. The average Bonchev–Trinajstić information content (AvgIpc) is 3.78. The molecule has 5 heteroatoms. The van der Waals surface area contributed by atoms with Gasteiger partial charge in [0, 0.05) is 5.56 Å². The Balaban J connectivity index is 0.00000387. The number of aromatic nitrogens is 4. The molecule has 0 radical (unpaired) electrons. The van der Waals surface area contributed by atoms with Crippen molar-refractivity contribution in [1.82, 2.24) is 19.9 Å². The molecule has 0 atom stereocenters. The predicted octanol–water partition coefficient (Wildman–Crippen LogP) is 9.44. The van der Waals surface area contributed by atoms with Crippen molar-refractivity contribution >= 4 is 58.5 Å². The Kier molecular flexibility index (Phi) is 10.8. The first-order valence-corrected chi connectivity index (χ1v) is 14.9. The van der Waals surface area contributed by atoms with Gasteiger partial charge in [-0.1, -0.05) is 108 Å². The van der Waals surface area contributed by atoms with E-state index in [0.717, 1.165) is 81.7 Å². The first kappa shape index (κ1) is 30.5. The van der Waals surface area contributed by atoms with Crippen molar-refractivity contribution in [3.8, 4) is 0 Å². The summed E-state index contributed by atoms with van der Waals surface area (Å²) in [6.45, 7) is 12.8. The maximum atomic E-state index is 5.11. The van der Waals surface area contributed by atoms with Crippen LogP contribution in [-0.2, 0) is 29.3 Å². The third kappa shape index (κ3) is 6.73. The minimum Gasteiger partial charge on any atom is -0.657 e. The van der Waals surface area contributed by atoms with Gasteiger partial charge >= 0.3 is 16.5 Å². The van der Waals surface area contributed by atoms with E-state index < -0.39 is 0 Å². The molecule has 0 saturated heterocycles. The second kappa shape index (κ2) is 14.5. The number of fused-ring (bicyclic) bond motifs is 8. The van der Waals surface area contributed by atoms with Crippen LogP contribution in [-0.4, -0.2) is 9.97 Å². The molecule has 0 unspecified atom stereocenters. The van der Waals surface area contributed by atoms with Gasteiger partial charge in [-0.2, -0.15) is 0 Å². The molecule has 41 heavy (non-hydrogen) atoms. The summed E-state index contributed by atoms with van der Waals surface area (Å²) in [5, 5.41) is 0. The molecule has 214 valence electrons. The van der Waals surface area contributed by atoms with Crippen molar-refractivity contribution in [3.63, 3.8) is 0 Å². The molecule has 0 saturated carbocycles. The molecule has 4 nitrogen and oxygen atoms in total. The van der Waals surface area contributed by atoms with Crippen LogP contribution in [0.15, 0.2) is 37.4 Å². The van der Waals surface area contributed by atoms with Crippen molar-refractivity contribution in [2.45, 2.75) is 78.1 Å². The second-order valence-electron chi connectivity index (χ2n) is 10.7. The number of hydrogen-bond donors (Lipinski definition) is 0. The normalized spacial score (nSPS) is 12.0. The summed E-state index contributed by atoms with van der Waals surface area (Å²) in [4.78, 5) is 20.4. The summed E-state index contributed by atoms with van der Waals surface area (Å²) >= 11 is 0. The monoisotopic (exact) mass is 586 g/mol. The summed E-state index contributed by atoms with van der Waals surface area (Å²) in [5.74, 6) is 0. The summed E-state index contributed by atoms with van der Waals surface area (Å²) < 4.78 is 0. The Hall–Kier alpha value is -3.43. The van der Waals surface area contributed by atoms with E-state index >= 15 is 0 Å². The zero-order valence-electron chi connectivity index (χ0n) is 24.4. The SMILES string of the molecule is C=Cc1c2nc(c(CCCCCC)c3ccc([n-]3)c(C=C)c3ccc([n-]3)c(CCCCCC)c3nc1C=C3)C=C2.[Ni+2]. The van der Waals surface area contributed by atoms with Gasteiger partial charge < -0.3 is 9.97 Å². The quantitative estimate of drug-likeness (QED) is 0.108. The van der Waals surface area contributed by atoms with Gasteiger partial charge in [-0.05, 0) is 61.1 Å². The van der Waals surface area contributed by atoms with Gasteiger partial charge in [-0.15, -0.1) is 22.1 Å². The van der Waals surface area contributed by atoms with Gasteiger partial charge in [0.25, 0.3) is 0 Å². The van der Waals surface area contributed by atoms with Crippen LogP contribution in [0.3, 0.4) is 0 Å². The predicted molar refractivity (Wildman–Crippen MR) is 173 cm³/mol. The first-order chi connectivity index (χ1) is 19.7. The zero-order chi connectivity index (χ0) is 27.9. The van der Waals surface area contributed by atoms with Gasteiger partial charge in [0.2, 0.25) is 0 Å². The fourth-order valence-corrected chi connectivity index (χ4v) is 5.63. The topological polar surface area (TPSA) is 54.0 Å². The minimum absolute atomic E-state index is 0.